The number of benzene rings is 1. The molecule has 1 fully saturated rings. The third kappa shape index (κ3) is 2.97. The minimum Gasteiger partial charge on any atom is -0.339 e. The Bertz CT molecular complexity index is 585. The van der Waals surface area contributed by atoms with Gasteiger partial charge in [0.1, 0.15) is 0 Å². The quantitative estimate of drug-likeness (QED) is 0.933. The van der Waals surface area contributed by atoms with Crippen LogP contribution in [0, 0.1) is 0 Å². The predicted octanol–water partition coefficient (Wildman–Crippen LogP) is 1.70. The number of amides is 1. The van der Waals surface area contributed by atoms with Crippen molar-refractivity contribution in [1.29, 1.82) is 0 Å². The second kappa shape index (κ2) is 6.10. The van der Waals surface area contributed by atoms with Gasteiger partial charge in [-0.25, -0.2) is 4.68 Å². The number of hydrogen-bond acceptors (Lipinski definition) is 3. The van der Waals surface area contributed by atoms with E-state index in [1.807, 2.05) is 48.5 Å². The van der Waals surface area contributed by atoms with E-state index < -0.39 is 0 Å². The van der Waals surface area contributed by atoms with Crippen molar-refractivity contribution < 1.29 is 4.79 Å². The SMILES string of the molecule is CN(C(=O)c1ccc(-n2cccn2)cc1)C1CCNCC1. The molecule has 1 saturated heterocycles. The molecule has 1 aliphatic rings. The summed E-state index contributed by atoms with van der Waals surface area (Å²) >= 11 is 0. The molecule has 2 aromatic rings. The van der Waals surface area contributed by atoms with Crippen LogP contribution in [0.5, 0.6) is 0 Å². The second-order valence-corrected chi connectivity index (χ2v) is 5.39. The number of piperidine rings is 1. The molecule has 5 heteroatoms. The zero-order chi connectivity index (χ0) is 14.7. The summed E-state index contributed by atoms with van der Waals surface area (Å²) in [5.41, 5.74) is 1.69. The van der Waals surface area contributed by atoms with Crippen LogP contribution in [0.2, 0.25) is 0 Å². The lowest BCUT2D eigenvalue weighted by Gasteiger charge is -2.31. The number of carbonyl (C=O) groups excluding carboxylic acids is 1. The van der Waals surface area contributed by atoms with Crippen molar-refractivity contribution in [2.45, 2.75) is 18.9 Å². The maximum absolute atomic E-state index is 12.5. The van der Waals surface area contributed by atoms with Crippen LogP contribution in [-0.2, 0) is 0 Å². The van der Waals surface area contributed by atoms with Crippen molar-refractivity contribution in [3.63, 3.8) is 0 Å². The number of rotatable bonds is 3. The van der Waals surface area contributed by atoms with Crippen molar-refractivity contribution in [2.24, 2.45) is 0 Å². The molecule has 1 aromatic heterocycles. The molecule has 0 saturated carbocycles. The molecule has 21 heavy (non-hydrogen) atoms. The van der Waals surface area contributed by atoms with Crippen molar-refractivity contribution >= 4 is 5.91 Å². The predicted molar refractivity (Wildman–Crippen MR) is 81.5 cm³/mol. The Morgan fingerprint density at radius 1 is 1.29 bits per heavy atom. The van der Waals surface area contributed by atoms with E-state index in [-0.39, 0.29) is 5.91 Å². The van der Waals surface area contributed by atoms with E-state index in [1.54, 1.807) is 10.9 Å². The van der Waals surface area contributed by atoms with Crippen LogP contribution in [-0.4, -0.2) is 46.8 Å². The van der Waals surface area contributed by atoms with Gasteiger partial charge in [0.15, 0.2) is 0 Å². The summed E-state index contributed by atoms with van der Waals surface area (Å²) in [7, 11) is 1.90. The first-order valence-corrected chi connectivity index (χ1v) is 7.33. The third-order valence-corrected chi connectivity index (χ3v) is 4.06. The Hall–Kier alpha value is -2.14. The monoisotopic (exact) mass is 284 g/mol. The molecule has 1 aromatic carbocycles. The fourth-order valence-electron chi connectivity index (χ4n) is 2.74. The molecule has 0 radical (unpaired) electrons. The zero-order valence-electron chi connectivity index (χ0n) is 12.2. The normalized spacial score (nSPS) is 15.9. The molecule has 1 amide bonds. The largest absolute Gasteiger partial charge is 0.339 e. The van der Waals surface area contributed by atoms with Crippen LogP contribution in [0.25, 0.3) is 5.69 Å². The van der Waals surface area contributed by atoms with E-state index in [4.69, 9.17) is 0 Å². The van der Waals surface area contributed by atoms with Crippen molar-refractivity contribution in [1.82, 2.24) is 20.0 Å². The molecule has 0 spiro atoms. The molecular weight excluding hydrogens is 264 g/mol. The summed E-state index contributed by atoms with van der Waals surface area (Å²) in [6.07, 6.45) is 5.67. The van der Waals surface area contributed by atoms with E-state index in [0.29, 0.717) is 6.04 Å². The molecule has 110 valence electrons. The zero-order valence-corrected chi connectivity index (χ0v) is 12.2. The van der Waals surface area contributed by atoms with Gasteiger partial charge >= 0.3 is 0 Å². The molecule has 1 aliphatic heterocycles. The summed E-state index contributed by atoms with van der Waals surface area (Å²) in [5.74, 6) is 0.0916. The van der Waals surface area contributed by atoms with Gasteiger partial charge in [-0.3, -0.25) is 4.79 Å². The van der Waals surface area contributed by atoms with Crippen LogP contribution >= 0.6 is 0 Å². The number of carbonyl (C=O) groups is 1. The van der Waals surface area contributed by atoms with E-state index >= 15 is 0 Å². The van der Waals surface area contributed by atoms with E-state index in [9.17, 15) is 4.79 Å². The fraction of sp³-hybridized carbons (Fsp3) is 0.375. The topological polar surface area (TPSA) is 50.2 Å². The lowest BCUT2D eigenvalue weighted by molar-refractivity contribution is 0.0703. The standard InChI is InChI=1S/C16H20N4O/c1-19(14-7-10-17-11-8-14)16(21)13-3-5-15(6-4-13)20-12-2-9-18-20/h2-6,9,12,14,17H,7-8,10-11H2,1H3. The fourth-order valence-corrected chi connectivity index (χ4v) is 2.74. The minimum absolute atomic E-state index is 0.0916. The van der Waals surface area contributed by atoms with Crippen LogP contribution in [0.15, 0.2) is 42.7 Å². The summed E-state index contributed by atoms with van der Waals surface area (Å²) in [5, 5.41) is 7.51. The summed E-state index contributed by atoms with van der Waals surface area (Å²) in [6.45, 7) is 1.97. The Morgan fingerprint density at radius 2 is 2.00 bits per heavy atom. The van der Waals surface area contributed by atoms with Crippen LogP contribution in [0.4, 0.5) is 0 Å². The average Bonchev–Trinajstić information content (AvgIpc) is 3.09. The highest BCUT2D eigenvalue weighted by molar-refractivity contribution is 5.94. The lowest BCUT2D eigenvalue weighted by atomic mass is 10.0. The van der Waals surface area contributed by atoms with Crippen molar-refractivity contribution in [2.75, 3.05) is 20.1 Å². The van der Waals surface area contributed by atoms with Gasteiger partial charge in [-0.1, -0.05) is 0 Å². The summed E-state index contributed by atoms with van der Waals surface area (Å²) in [4.78, 5) is 14.4. The highest BCUT2D eigenvalue weighted by atomic mass is 16.2. The number of hydrogen-bond donors (Lipinski definition) is 1. The van der Waals surface area contributed by atoms with Gasteiger partial charge < -0.3 is 10.2 Å². The molecule has 5 nitrogen and oxygen atoms in total. The van der Waals surface area contributed by atoms with Crippen LogP contribution in [0.1, 0.15) is 23.2 Å². The molecular formula is C16H20N4O. The van der Waals surface area contributed by atoms with E-state index in [2.05, 4.69) is 10.4 Å². The molecule has 0 bridgehead atoms. The van der Waals surface area contributed by atoms with E-state index in [1.165, 1.54) is 0 Å². The smallest absolute Gasteiger partial charge is 0.253 e. The average molecular weight is 284 g/mol. The van der Waals surface area contributed by atoms with Gasteiger partial charge in [-0.2, -0.15) is 5.10 Å². The first-order chi connectivity index (χ1) is 10.3. The second-order valence-electron chi connectivity index (χ2n) is 5.39. The Balaban J connectivity index is 1.72. The Kier molecular flexibility index (Phi) is 4.01. The molecule has 3 rings (SSSR count). The van der Waals surface area contributed by atoms with Crippen molar-refractivity contribution in [3.05, 3.63) is 48.3 Å². The van der Waals surface area contributed by atoms with Gasteiger partial charge in [0.2, 0.25) is 0 Å². The Morgan fingerprint density at radius 3 is 2.62 bits per heavy atom. The molecule has 0 aliphatic carbocycles. The maximum atomic E-state index is 12.5. The van der Waals surface area contributed by atoms with Gasteiger partial charge in [-0.05, 0) is 56.3 Å². The Labute approximate surface area is 124 Å². The lowest BCUT2D eigenvalue weighted by Crippen LogP contribution is -2.43. The van der Waals surface area contributed by atoms with Gasteiger partial charge in [-0.15, -0.1) is 0 Å². The van der Waals surface area contributed by atoms with Crippen LogP contribution < -0.4 is 5.32 Å². The summed E-state index contributed by atoms with van der Waals surface area (Å²) in [6, 6.07) is 9.81. The molecule has 1 N–H and O–H groups in total. The molecule has 0 atom stereocenters. The number of nitrogens with one attached hydrogen (secondary N) is 1. The number of aromatic nitrogens is 2. The maximum Gasteiger partial charge on any atom is 0.253 e. The first kappa shape index (κ1) is 13.8. The summed E-state index contributed by atoms with van der Waals surface area (Å²) < 4.78 is 1.78. The highest BCUT2D eigenvalue weighted by Crippen LogP contribution is 2.15. The van der Waals surface area contributed by atoms with Crippen LogP contribution in [0.3, 0.4) is 0 Å². The highest BCUT2D eigenvalue weighted by Gasteiger charge is 2.22. The molecule has 0 unspecified atom stereocenters. The first-order valence-electron chi connectivity index (χ1n) is 7.33. The molecule has 2 heterocycles. The van der Waals surface area contributed by atoms with Gasteiger partial charge in [0, 0.05) is 31.0 Å². The third-order valence-electron chi connectivity index (χ3n) is 4.06. The van der Waals surface area contributed by atoms with Gasteiger partial charge in [0.25, 0.3) is 5.91 Å². The van der Waals surface area contributed by atoms with Crippen molar-refractivity contribution in [3.8, 4) is 5.69 Å². The number of nitrogens with zero attached hydrogens (tertiary/aromatic N) is 3. The van der Waals surface area contributed by atoms with E-state index in [0.717, 1.165) is 37.2 Å². The minimum atomic E-state index is 0.0916. The van der Waals surface area contributed by atoms with Gasteiger partial charge in [0.05, 0.1) is 5.69 Å².